The SMILES string of the molecule is O=C(C/C(C(=O)O)=C(\C(=O)O)C1CCCC1)OC1CCCCC1. The largest absolute Gasteiger partial charge is 0.478 e. The lowest BCUT2D eigenvalue weighted by molar-refractivity contribution is -0.151. The van der Waals surface area contributed by atoms with Gasteiger partial charge in [-0.15, -0.1) is 0 Å². The maximum absolute atomic E-state index is 12.1. The van der Waals surface area contributed by atoms with Crippen LogP contribution in [0.1, 0.15) is 64.2 Å². The summed E-state index contributed by atoms with van der Waals surface area (Å²) >= 11 is 0. The van der Waals surface area contributed by atoms with E-state index in [0.29, 0.717) is 12.8 Å². The second kappa shape index (κ2) is 8.13. The Bertz CT molecular complexity index is 495. The zero-order chi connectivity index (χ0) is 16.8. The highest BCUT2D eigenvalue weighted by Gasteiger charge is 2.31. The summed E-state index contributed by atoms with van der Waals surface area (Å²) in [5, 5.41) is 18.8. The van der Waals surface area contributed by atoms with Crippen LogP contribution in [0.2, 0.25) is 0 Å². The minimum atomic E-state index is -1.34. The minimum Gasteiger partial charge on any atom is -0.478 e. The Hall–Kier alpha value is -1.85. The summed E-state index contributed by atoms with van der Waals surface area (Å²) in [5.41, 5.74) is -0.430. The minimum absolute atomic E-state index is 0.115. The van der Waals surface area contributed by atoms with Gasteiger partial charge >= 0.3 is 17.9 Å². The third kappa shape index (κ3) is 4.81. The third-order valence-electron chi connectivity index (χ3n) is 4.75. The van der Waals surface area contributed by atoms with Crippen LogP contribution in [0.5, 0.6) is 0 Å². The van der Waals surface area contributed by atoms with Crippen molar-refractivity contribution in [2.75, 3.05) is 0 Å². The second-order valence-corrected chi connectivity index (χ2v) is 6.41. The zero-order valence-electron chi connectivity index (χ0n) is 13.3. The van der Waals surface area contributed by atoms with Crippen LogP contribution < -0.4 is 0 Å². The highest BCUT2D eigenvalue weighted by Crippen LogP contribution is 2.34. The first-order chi connectivity index (χ1) is 11.0. The highest BCUT2D eigenvalue weighted by molar-refractivity contribution is 6.02. The van der Waals surface area contributed by atoms with Gasteiger partial charge in [-0.05, 0) is 44.4 Å². The molecule has 0 amide bonds. The van der Waals surface area contributed by atoms with E-state index in [1.807, 2.05) is 0 Å². The first-order valence-corrected chi connectivity index (χ1v) is 8.38. The molecule has 2 fully saturated rings. The van der Waals surface area contributed by atoms with Crippen LogP contribution in [0.25, 0.3) is 0 Å². The van der Waals surface area contributed by atoms with Crippen molar-refractivity contribution in [2.45, 2.75) is 70.3 Å². The van der Waals surface area contributed by atoms with Gasteiger partial charge in [0.05, 0.1) is 17.6 Å². The van der Waals surface area contributed by atoms with E-state index in [-0.39, 0.29) is 23.2 Å². The van der Waals surface area contributed by atoms with Gasteiger partial charge in [-0.25, -0.2) is 9.59 Å². The van der Waals surface area contributed by atoms with E-state index in [9.17, 15) is 24.6 Å². The Labute approximate surface area is 135 Å². The monoisotopic (exact) mass is 324 g/mol. The number of carbonyl (C=O) groups excluding carboxylic acids is 1. The summed E-state index contributed by atoms with van der Waals surface area (Å²) in [6, 6.07) is 0. The van der Waals surface area contributed by atoms with Crippen LogP contribution in [-0.4, -0.2) is 34.2 Å². The number of aliphatic carboxylic acids is 2. The van der Waals surface area contributed by atoms with Gasteiger partial charge in [0.25, 0.3) is 0 Å². The molecule has 2 N–H and O–H groups in total. The fraction of sp³-hybridized carbons (Fsp3) is 0.706. The smallest absolute Gasteiger partial charge is 0.332 e. The van der Waals surface area contributed by atoms with Gasteiger partial charge in [-0.1, -0.05) is 19.3 Å². The zero-order valence-corrected chi connectivity index (χ0v) is 13.3. The van der Waals surface area contributed by atoms with E-state index in [4.69, 9.17) is 4.74 Å². The number of ether oxygens (including phenoxy) is 1. The number of carboxylic acids is 2. The van der Waals surface area contributed by atoms with E-state index in [1.165, 1.54) is 0 Å². The summed E-state index contributed by atoms with van der Waals surface area (Å²) in [4.78, 5) is 35.1. The summed E-state index contributed by atoms with van der Waals surface area (Å²) in [6.07, 6.45) is 7.20. The highest BCUT2D eigenvalue weighted by atomic mass is 16.5. The number of hydrogen-bond donors (Lipinski definition) is 2. The number of esters is 1. The molecule has 0 aliphatic heterocycles. The van der Waals surface area contributed by atoms with Gasteiger partial charge in [0, 0.05) is 0 Å². The summed E-state index contributed by atoms with van der Waals surface area (Å²) < 4.78 is 5.34. The van der Waals surface area contributed by atoms with E-state index >= 15 is 0 Å². The summed E-state index contributed by atoms with van der Waals surface area (Å²) in [6.45, 7) is 0. The molecule has 2 saturated carbocycles. The maximum atomic E-state index is 12.1. The van der Waals surface area contributed by atoms with Crippen molar-refractivity contribution in [1.29, 1.82) is 0 Å². The summed E-state index contributed by atoms with van der Waals surface area (Å²) in [5.74, 6) is -3.48. The number of hydrogen-bond acceptors (Lipinski definition) is 4. The molecule has 0 atom stereocenters. The first kappa shape index (κ1) is 17.5. The molecule has 0 bridgehead atoms. The Morgan fingerprint density at radius 1 is 0.826 bits per heavy atom. The lowest BCUT2D eigenvalue weighted by Crippen LogP contribution is -2.24. The molecule has 6 nitrogen and oxygen atoms in total. The Morgan fingerprint density at radius 3 is 1.91 bits per heavy atom. The average Bonchev–Trinajstić information content (AvgIpc) is 3.01. The van der Waals surface area contributed by atoms with Crippen molar-refractivity contribution in [3.05, 3.63) is 11.1 Å². The molecule has 0 saturated heterocycles. The molecule has 0 radical (unpaired) electrons. The first-order valence-electron chi connectivity index (χ1n) is 8.38. The lowest BCUT2D eigenvalue weighted by Gasteiger charge is -2.22. The molecule has 128 valence electrons. The van der Waals surface area contributed by atoms with Crippen LogP contribution in [0.3, 0.4) is 0 Å². The normalized spacial score (nSPS) is 20.9. The number of carboxylic acid groups (broad SMARTS) is 2. The van der Waals surface area contributed by atoms with Crippen LogP contribution in [0.4, 0.5) is 0 Å². The van der Waals surface area contributed by atoms with E-state index in [0.717, 1.165) is 44.9 Å². The molecule has 2 aliphatic rings. The van der Waals surface area contributed by atoms with Gasteiger partial charge < -0.3 is 14.9 Å². The van der Waals surface area contributed by atoms with Gasteiger partial charge in [0.2, 0.25) is 0 Å². The second-order valence-electron chi connectivity index (χ2n) is 6.41. The fourth-order valence-corrected chi connectivity index (χ4v) is 3.61. The molecular weight excluding hydrogens is 300 g/mol. The molecule has 0 heterocycles. The van der Waals surface area contributed by atoms with Crippen molar-refractivity contribution >= 4 is 17.9 Å². The quantitative estimate of drug-likeness (QED) is 0.575. The molecule has 2 rings (SSSR count). The predicted octanol–water partition coefficient (Wildman–Crippen LogP) is 2.91. The lowest BCUT2D eigenvalue weighted by atomic mass is 9.91. The molecule has 23 heavy (non-hydrogen) atoms. The van der Waals surface area contributed by atoms with E-state index in [1.54, 1.807) is 0 Å². The molecule has 0 aromatic rings. The molecule has 0 aromatic heterocycles. The average molecular weight is 324 g/mol. The molecule has 0 aromatic carbocycles. The molecule has 6 heteroatoms. The fourth-order valence-electron chi connectivity index (χ4n) is 3.61. The van der Waals surface area contributed by atoms with E-state index in [2.05, 4.69) is 0 Å². The van der Waals surface area contributed by atoms with Crippen LogP contribution in [-0.2, 0) is 19.1 Å². The van der Waals surface area contributed by atoms with E-state index < -0.39 is 24.3 Å². The van der Waals surface area contributed by atoms with Gasteiger partial charge in [-0.2, -0.15) is 0 Å². The molecule has 0 unspecified atom stereocenters. The standard InChI is InChI=1S/C17H24O6/c18-14(23-12-8-2-1-3-9-12)10-13(16(19)20)15(17(21)22)11-6-4-5-7-11/h11-12H,1-10H2,(H,19,20)(H,21,22)/b15-13+. The van der Waals surface area contributed by atoms with Crippen molar-refractivity contribution < 1.29 is 29.3 Å². The predicted molar refractivity (Wildman–Crippen MR) is 81.8 cm³/mol. The topological polar surface area (TPSA) is 101 Å². The molecular formula is C17H24O6. The van der Waals surface area contributed by atoms with Crippen molar-refractivity contribution in [3.63, 3.8) is 0 Å². The van der Waals surface area contributed by atoms with Crippen LogP contribution >= 0.6 is 0 Å². The van der Waals surface area contributed by atoms with Crippen LogP contribution in [0, 0.1) is 5.92 Å². The Morgan fingerprint density at radius 2 is 1.39 bits per heavy atom. The Kier molecular flexibility index (Phi) is 6.19. The maximum Gasteiger partial charge on any atom is 0.332 e. The number of carbonyl (C=O) groups is 3. The van der Waals surface area contributed by atoms with Crippen LogP contribution in [0.15, 0.2) is 11.1 Å². The number of rotatable bonds is 6. The van der Waals surface area contributed by atoms with Gasteiger partial charge in [-0.3, -0.25) is 4.79 Å². The van der Waals surface area contributed by atoms with Gasteiger partial charge in [0.1, 0.15) is 6.10 Å². The van der Waals surface area contributed by atoms with Gasteiger partial charge in [0.15, 0.2) is 0 Å². The van der Waals surface area contributed by atoms with Crippen molar-refractivity contribution in [2.24, 2.45) is 5.92 Å². The third-order valence-corrected chi connectivity index (χ3v) is 4.75. The molecule has 2 aliphatic carbocycles. The van der Waals surface area contributed by atoms with Crippen molar-refractivity contribution in [3.8, 4) is 0 Å². The van der Waals surface area contributed by atoms with Crippen molar-refractivity contribution in [1.82, 2.24) is 0 Å². The molecule has 0 spiro atoms. The summed E-state index contributed by atoms with van der Waals surface area (Å²) in [7, 11) is 0. The Balaban J connectivity index is 2.11.